The molecule has 1 atom stereocenters. The predicted octanol–water partition coefficient (Wildman–Crippen LogP) is 4.00. The molecule has 0 radical (unpaired) electrons. The van der Waals surface area contributed by atoms with Crippen molar-refractivity contribution in [3.63, 3.8) is 0 Å². The summed E-state index contributed by atoms with van der Waals surface area (Å²) >= 11 is 7.06. The first-order valence-electron chi connectivity index (χ1n) is 6.14. The van der Waals surface area contributed by atoms with Crippen molar-refractivity contribution in [1.82, 2.24) is 15.1 Å². The number of fused-ring (bicyclic) bond motifs is 1. The molecule has 3 rings (SSSR count). The van der Waals surface area contributed by atoms with Gasteiger partial charge in [-0.2, -0.15) is 5.10 Å². The standard InChI is InChI=1S/C14H13Br2N3O/c1-17-12(13-10(16)7-18-19(13)2)11-6-8-4-3-5-9(15)14(8)20-11/h3-7,12,17H,1-2H3. The Labute approximate surface area is 133 Å². The summed E-state index contributed by atoms with van der Waals surface area (Å²) in [6.45, 7) is 0. The highest BCUT2D eigenvalue weighted by Gasteiger charge is 2.23. The number of halogens is 2. The van der Waals surface area contributed by atoms with Crippen LogP contribution >= 0.6 is 31.9 Å². The number of hydrogen-bond acceptors (Lipinski definition) is 3. The smallest absolute Gasteiger partial charge is 0.148 e. The zero-order valence-electron chi connectivity index (χ0n) is 11.0. The van der Waals surface area contributed by atoms with Gasteiger partial charge in [0.2, 0.25) is 0 Å². The lowest BCUT2D eigenvalue weighted by molar-refractivity contribution is 0.471. The first kappa shape index (κ1) is 13.9. The molecular weight excluding hydrogens is 386 g/mol. The van der Waals surface area contributed by atoms with Gasteiger partial charge in [0.15, 0.2) is 0 Å². The van der Waals surface area contributed by atoms with Crippen LogP contribution in [-0.2, 0) is 7.05 Å². The van der Waals surface area contributed by atoms with Crippen LogP contribution in [0.4, 0.5) is 0 Å². The van der Waals surface area contributed by atoms with Crippen molar-refractivity contribution in [2.45, 2.75) is 6.04 Å². The Balaban J connectivity index is 2.15. The van der Waals surface area contributed by atoms with E-state index in [4.69, 9.17) is 4.42 Å². The molecule has 1 unspecified atom stereocenters. The third-order valence-corrected chi connectivity index (χ3v) is 4.53. The fourth-order valence-corrected chi connectivity index (χ4v) is 3.39. The number of aryl methyl sites for hydroxylation is 1. The van der Waals surface area contributed by atoms with E-state index in [1.807, 2.05) is 37.0 Å². The summed E-state index contributed by atoms with van der Waals surface area (Å²) in [7, 11) is 3.83. The Morgan fingerprint density at radius 1 is 1.30 bits per heavy atom. The van der Waals surface area contributed by atoms with E-state index in [9.17, 15) is 0 Å². The van der Waals surface area contributed by atoms with Crippen molar-refractivity contribution >= 4 is 42.8 Å². The second-order valence-corrected chi connectivity index (χ2v) is 6.24. The molecule has 0 spiro atoms. The molecule has 0 saturated carbocycles. The number of aromatic nitrogens is 2. The van der Waals surface area contributed by atoms with E-state index < -0.39 is 0 Å². The molecule has 0 bridgehead atoms. The van der Waals surface area contributed by atoms with Crippen LogP contribution in [0.3, 0.4) is 0 Å². The van der Waals surface area contributed by atoms with Crippen LogP contribution in [0.5, 0.6) is 0 Å². The Hall–Kier alpha value is -1.11. The number of furan rings is 1. The molecule has 3 aromatic rings. The number of para-hydroxylation sites is 1. The normalized spacial score (nSPS) is 13.0. The fourth-order valence-electron chi connectivity index (χ4n) is 2.35. The minimum absolute atomic E-state index is 0.0591. The third kappa shape index (κ3) is 2.21. The predicted molar refractivity (Wildman–Crippen MR) is 85.7 cm³/mol. The molecule has 20 heavy (non-hydrogen) atoms. The number of rotatable bonds is 3. The van der Waals surface area contributed by atoms with Gasteiger partial charge in [-0.25, -0.2) is 0 Å². The highest BCUT2D eigenvalue weighted by molar-refractivity contribution is 9.11. The molecule has 0 amide bonds. The second kappa shape index (κ2) is 5.35. The maximum absolute atomic E-state index is 6.01. The van der Waals surface area contributed by atoms with E-state index in [2.05, 4.69) is 48.3 Å². The van der Waals surface area contributed by atoms with Crippen molar-refractivity contribution in [1.29, 1.82) is 0 Å². The van der Waals surface area contributed by atoms with Crippen LogP contribution in [0.15, 0.2) is 43.8 Å². The van der Waals surface area contributed by atoms with Crippen LogP contribution in [-0.4, -0.2) is 16.8 Å². The molecule has 0 aliphatic carbocycles. The molecule has 6 heteroatoms. The summed E-state index contributed by atoms with van der Waals surface area (Å²) in [4.78, 5) is 0. The second-order valence-electron chi connectivity index (χ2n) is 4.53. The first-order chi connectivity index (χ1) is 9.61. The summed E-state index contributed by atoms with van der Waals surface area (Å²) in [5.41, 5.74) is 1.89. The van der Waals surface area contributed by atoms with Gasteiger partial charge in [-0.15, -0.1) is 0 Å². The van der Waals surface area contributed by atoms with Crippen LogP contribution in [0.25, 0.3) is 11.0 Å². The van der Waals surface area contributed by atoms with Crippen molar-refractivity contribution < 1.29 is 4.42 Å². The monoisotopic (exact) mass is 397 g/mol. The lowest BCUT2D eigenvalue weighted by Gasteiger charge is -2.14. The van der Waals surface area contributed by atoms with Gasteiger partial charge in [0.25, 0.3) is 0 Å². The van der Waals surface area contributed by atoms with Crippen LogP contribution in [0.2, 0.25) is 0 Å². The molecule has 104 valence electrons. The molecule has 1 N–H and O–H groups in total. The Morgan fingerprint density at radius 2 is 2.10 bits per heavy atom. The maximum atomic E-state index is 6.01. The molecule has 0 fully saturated rings. The zero-order valence-corrected chi connectivity index (χ0v) is 14.2. The summed E-state index contributed by atoms with van der Waals surface area (Å²) < 4.78 is 9.77. The van der Waals surface area contributed by atoms with Gasteiger partial charge in [-0.05, 0) is 51.0 Å². The van der Waals surface area contributed by atoms with Crippen molar-refractivity contribution in [2.24, 2.45) is 7.05 Å². The molecule has 4 nitrogen and oxygen atoms in total. The minimum atomic E-state index is -0.0591. The highest BCUT2D eigenvalue weighted by atomic mass is 79.9. The number of nitrogens with one attached hydrogen (secondary N) is 1. The first-order valence-corrected chi connectivity index (χ1v) is 7.73. The number of nitrogens with zero attached hydrogens (tertiary/aromatic N) is 2. The summed E-state index contributed by atoms with van der Waals surface area (Å²) in [5, 5.41) is 8.62. The van der Waals surface area contributed by atoms with Gasteiger partial charge in [0.1, 0.15) is 17.4 Å². The van der Waals surface area contributed by atoms with Gasteiger partial charge >= 0.3 is 0 Å². The van der Waals surface area contributed by atoms with E-state index in [0.717, 1.165) is 31.4 Å². The van der Waals surface area contributed by atoms with Gasteiger partial charge < -0.3 is 9.73 Å². The molecule has 2 heterocycles. The van der Waals surface area contributed by atoms with Gasteiger partial charge in [0, 0.05) is 12.4 Å². The lowest BCUT2D eigenvalue weighted by atomic mass is 10.1. The van der Waals surface area contributed by atoms with Gasteiger partial charge in [0.05, 0.1) is 20.8 Å². The van der Waals surface area contributed by atoms with Crippen LogP contribution < -0.4 is 5.32 Å². The van der Waals surface area contributed by atoms with Gasteiger partial charge in [-0.1, -0.05) is 12.1 Å². The molecule has 2 aromatic heterocycles. The molecule has 0 aliphatic rings. The van der Waals surface area contributed by atoms with Crippen molar-refractivity contribution in [3.8, 4) is 0 Å². The Bertz CT molecular complexity index is 743. The maximum Gasteiger partial charge on any atom is 0.148 e. The zero-order chi connectivity index (χ0) is 14.3. The van der Waals surface area contributed by atoms with Crippen molar-refractivity contribution in [2.75, 3.05) is 7.05 Å². The van der Waals surface area contributed by atoms with Crippen molar-refractivity contribution in [3.05, 3.63) is 50.9 Å². The Kier molecular flexibility index (Phi) is 3.70. The number of hydrogen-bond donors (Lipinski definition) is 1. The minimum Gasteiger partial charge on any atom is -0.458 e. The molecule has 0 saturated heterocycles. The topological polar surface area (TPSA) is 43.0 Å². The average molecular weight is 399 g/mol. The third-order valence-electron chi connectivity index (χ3n) is 3.30. The average Bonchev–Trinajstić information content (AvgIpc) is 2.99. The quantitative estimate of drug-likeness (QED) is 0.725. The van der Waals surface area contributed by atoms with Crippen LogP contribution in [0, 0.1) is 0 Å². The van der Waals surface area contributed by atoms with E-state index in [-0.39, 0.29) is 6.04 Å². The summed E-state index contributed by atoms with van der Waals surface area (Å²) in [5.74, 6) is 0.860. The highest BCUT2D eigenvalue weighted by Crippen LogP contribution is 2.34. The Morgan fingerprint density at radius 3 is 2.70 bits per heavy atom. The van der Waals surface area contributed by atoms with Crippen LogP contribution in [0.1, 0.15) is 17.5 Å². The fraction of sp³-hybridized carbons (Fsp3) is 0.214. The van der Waals surface area contributed by atoms with E-state index in [1.54, 1.807) is 6.20 Å². The lowest BCUT2D eigenvalue weighted by Crippen LogP contribution is -2.20. The molecule has 1 aromatic carbocycles. The van der Waals surface area contributed by atoms with E-state index >= 15 is 0 Å². The molecule has 0 aliphatic heterocycles. The van der Waals surface area contributed by atoms with E-state index in [0.29, 0.717) is 0 Å². The summed E-state index contributed by atoms with van der Waals surface area (Å²) in [6.07, 6.45) is 1.79. The van der Waals surface area contributed by atoms with E-state index in [1.165, 1.54) is 0 Å². The van der Waals surface area contributed by atoms with Gasteiger partial charge in [-0.3, -0.25) is 4.68 Å². The largest absolute Gasteiger partial charge is 0.458 e. The number of benzene rings is 1. The summed E-state index contributed by atoms with van der Waals surface area (Å²) in [6, 6.07) is 8.01. The SMILES string of the molecule is CNC(c1cc2cccc(Br)c2o1)c1c(Br)cnn1C. The molecular formula is C14H13Br2N3O.